The number of hydrogen-bond donors (Lipinski definition) is 3. The molecule has 0 bridgehead atoms. The largest absolute Gasteiger partial charge is 0.366 e. The van der Waals surface area contributed by atoms with Gasteiger partial charge in [0.05, 0.1) is 11.1 Å². The molecule has 0 saturated heterocycles. The van der Waals surface area contributed by atoms with Crippen molar-refractivity contribution < 1.29 is 4.79 Å². The van der Waals surface area contributed by atoms with Crippen molar-refractivity contribution in [1.82, 2.24) is 24.9 Å². The number of para-hydroxylation sites is 1. The minimum absolute atomic E-state index is 0.105. The normalized spacial score (nSPS) is 11.0. The first-order valence-electron chi connectivity index (χ1n) is 10.8. The Labute approximate surface area is 190 Å². The summed E-state index contributed by atoms with van der Waals surface area (Å²) in [4.78, 5) is 37.2. The zero-order valence-corrected chi connectivity index (χ0v) is 18.6. The smallest absolute Gasteiger partial charge is 0.274 e. The second-order valence-corrected chi connectivity index (χ2v) is 7.76. The summed E-state index contributed by atoms with van der Waals surface area (Å²) in [6.07, 6.45) is 0.582. The average Bonchev–Trinajstić information content (AvgIpc) is 3.05. The van der Waals surface area contributed by atoms with Gasteiger partial charge in [0.2, 0.25) is 5.91 Å². The fourth-order valence-electron chi connectivity index (χ4n) is 3.87. The second kappa shape index (κ2) is 9.56. The lowest BCUT2D eigenvalue weighted by Gasteiger charge is -2.09. The maximum atomic E-state index is 12.9. The van der Waals surface area contributed by atoms with Crippen LogP contribution < -0.4 is 21.8 Å². The van der Waals surface area contributed by atoms with Crippen molar-refractivity contribution in [1.29, 1.82) is 0 Å². The predicted octanol–water partition coefficient (Wildman–Crippen LogP) is 1.88. The number of amides is 1. The van der Waals surface area contributed by atoms with Crippen LogP contribution in [0.15, 0.2) is 64.2 Å². The molecule has 1 amide bonds. The molecule has 3 N–H and O–H groups in total. The van der Waals surface area contributed by atoms with E-state index in [0.717, 1.165) is 16.8 Å². The molecule has 0 fully saturated rings. The molecular formula is C24H26N6O3. The van der Waals surface area contributed by atoms with E-state index >= 15 is 0 Å². The average molecular weight is 447 g/mol. The molecule has 0 saturated carbocycles. The van der Waals surface area contributed by atoms with Crippen LogP contribution in [-0.4, -0.2) is 38.6 Å². The number of aromatic amines is 1. The first kappa shape index (κ1) is 22.1. The third-order valence-corrected chi connectivity index (χ3v) is 5.71. The van der Waals surface area contributed by atoms with Gasteiger partial charge < -0.3 is 10.6 Å². The Bertz CT molecular complexity index is 1400. The van der Waals surface area contributed by atoms with Gasteiger partial charge >= 0.3 is 0 Å². The van der Waals surface area contributed by atoms with Crippen molar-refractivity contribution in [2.45, 2.75) is 19.8 Å². The standard InChI is InChI=1S/C24H26N6O3/c1-16-18(24(33)30(29(16)2)17-8-4-3-5-9-17)12-13-21(31)25-14-15-26-22-19-10-6-7-11-20(19)23(32)28-27-22/h3-11H,12-15H2,1-2H3,(H,25,31)(H,26,27)(H,28,32). The van der Waals surface area contributed by atoms with Crippen molar-refractivity contribution in [3.8, 4) is 5.69 Å². The highest BCUT2D eigenvalue weighted by atomic mass is 16.2. The van der Waals surface area contributed by atoms with Crippen LogP contribution in [0.3, 0.4) is 0 Å². The summed E-state index contributed by atoms with van der Waals surface area (Å²) in [5, 5.41) is 13.8. The molecule has 0 aliphatic carbocycles. The Kier molecular flexibility index (Phi) is 6.39. The molecule has 2 heterocycles. The van der Waals surface area contributed by atoms with Gasteiger partial charge in [-0.05, 0) is 31.5 Å². The monoisotopic (exact) mass is 446 g/mol. The second-order valence-electron chi connectivity index (χ2n) is 7.76. The number of nitrogens with one attached hydrogen (secondary N) is 3. The quantitative estimate of drug-likeness (QED) is 0.358. The van der Waals surface area contributed by atoms with Gasteiger partial charge in [-0.3, -0.25) is 19.1 Å². The molecule has 9 heteroatoms. The summed E-state index contributed by atoms with van der Waals surface area (Å²) >= 11 is 0. The summed E-state index contributed by atoms with van der Waals surface area (Å²) < 4.78 is 3.43. The van der Waals surface area contributed by atoms with Crippen molar-refractivity contribution in [2.24, 2.45) is 7.05 Å². The van der Waals surface area contributed by atoms with Crippen LogP contribution >= 0.6 is 0 Å². The number of nitrogens with zero attached hydrogens (tertiary/aromatic N) is 3. The summed E-state index contributed by atoms with van der Waals surface area (Å²) in [5.41, 5.74) is 1.92. The lowest BCUT2D eigenvalue weighted by atomic mass is 10.1. The molecule has 4 rings (SSSR count). The first-order chi connectivity index (χ1) is 16.0. The van der Waals surface area contributed by atoms with E-state index in [1.165, 1.54) is 0 Å². The highest BCUT2D eigenvalue weighted by Gasteiger charge is 2.16. The molecule has 0 aliphatic rings. The lowest BCUT2D eigenvalue weighted by molar-refractivity contribution is -0.120. The van der Waals surface area contributed by atoms with Crippen LogP contribution in [0.5, 0.6) is 0 Å². The fraction of sp³-hybridized carbons (Fsp3) is 0.250. The van der Waals surface area contributed by atoms with Gasteiger partial charge in [0.25, 0.3) is 11.1 Å². The lowest BCUT2D eigenvalue weighted by Crippen LogP contribution is -2.29. The van der Waals surface area contributed by atoms with Gasteiger partial charge in [-0.15, -0.1) is 0 Å². The zero-order valence-electron chi connectivity index (χ0n) is 18.6. The SMILES string of the molecule is Cc1c(CCC(=O)NCCNc2n[nH]c(=O)c3ccccc23)c(=O)n(-c2ccccc2)n1C. The minimum Gasteiger partial charge on any atom is -0.366 e. The van der Waals surface area contributed by atoms with E-state index in [1.54, 1.807) is 16.8 Å². The number of benzene rings is 2. The molecule has 2 aromatic carbocycles. The molecular weight excluding hydrogens is 420 g/mol. The number of hydrogen-bond acceptors (Lipinski definition) is 5. The maximum Gasteiger partial charge on any atom is 0.274 e. The number of rotatable bonds is 8. The first-order valence-corrected chi connectivity index (χ1v) is 10.8. The Morgan fingerprint density at radius 1 is 1.00 bits per heavy atom. The van der Waals surface area contributed by atoms with Crippen molar-refractivity contribution in [2.75, 3.05) is 18.4 Å². The zero-order chi connectivity index (χ0) is 23.4. The predicted molar refractivity (Wildman–Crippen MR) is 128 cm³/mol. The van der Waals surface area contributed by atoms with Gasteiger partial charge in [0.1, 0.15) is 0 Å². The third kappa shape index (κ3) is 4.57. The number of carbonyl (C=O) groups is 1. The van der Waals surface area contributed by atoms with E-state index in [4.69, 9.17) is 0 Å². The van der Waals surface area contributed by atoms with E-state index in [-0.39, 0.29) is 23.4 Å². The molecule has 4 aromatic rings. The van der Waals surface area contributed by atoms with E-state index in [1.807, 2.05) is 61.1 Å². The molecule has 33 heavy (non-hydrogen) atoms. The summed E-state index contributed by atoms with van der Waals surface area (Å²) in [6.45, 7) is 2.72. The van der Waals surface area contributed by atoms with Crippen LogP contribution in [0.25, 0.3) is 16.5 Å². The Hall–Kier alpha value is -4.14. The molecule has 170 valence electrons. The Morgan fingerprint density at radius 2 is 1.70 bits per heavy atom. The summed E-state index contributed by atoms with van der Waals surface area (Å²) in [7, 11) is 1.84. The number of carbonyl (C=O) groups excluding carboxylic acids is 1. The van der Waals surface area contributed by atoms with Crippen LogP contribution in [0.4, 0.5) is 5.82 Å². The molecule has 0 aliphatic heterocycles. The van der Waals surface area contributed by atoms with Crippen LogP contribution in [0.2, 0.25) is 0 Å². The Balaban J connectivity index is 1.33. The summed E-state index contributed by atoms with van der Waals surface area (Å²) in [5.74, 6) is 0.422. The third-order valence-electron chi connectivity index (χ3n) is 5.71. The van der Waals surface area contributed by atoms with E-state index < -0.39 is 0 Å². The van der Waals surface area contributed by atoms with Gasteiger partial charge in [-0.2, -0.15) is 5.10 Å². The molecule has 0 spiro atoms. The number of H-pyrrole nitrogens is 1. The van der Waals surface area contributed by atoms with Gasteiger partial charge in [0.15, 0.2) is 5.82 Å². The van der Waals surface area contributed by atoms with E-state index in [2.05, 4.69) is 20.8 Å². The number of aromatic nitrogens is 4. The van der Waals surface area contributed by atoms with Crippen LogP contribution in [-0.2, 0) is 18.3 Å². The topological polar surface area (TPSA) is 114 Å². The highest BCUT2D eigenvalue weighted by molar-refractivity contribution is 5.90. The maximum absolute atomic E-state index is 12.9. The van der Waals surface area contributed by atoms with E-state index in [9.17, 15) is 14.4 Å². The molecule has 2 aromatic heterocycles. The molecule has 0 atom stereocenters. The van der Waals surface area contributed by atoms with Gasteiger partial charge in [-0.25, -0.2) is 9.78 Å². The minimum atomic E-state index is -0.244. The van der Waals surface area contributed by atoms with Crippen LogP contribution in [0, 0.1) is 6.92 Å². The van der Waals surface area contributed by atoms with E-state index in [0.29, 0.717) is 36.3 Å². The van der Waals surface area contributed by atoms with Gasteiger partial charge in [-0.1, -0.05) is 36.4 Å². The van der Waals surface area contributed by atoms with Crippen LogP contribution in [0.1, 0.15) is 17.7 Å². The molecule has 0 unspecified atom stereocenters. The molecule has 9 nitrogen and oxygen atoms in total. The summed E-state index contributed by atoms with van der Waals surface area (Å²) in [6, 6.07) is 16.6. The fourth-order valence-corrected chi connectivity index (χ4v) is 3.87. The van der Waals surface area contributed by atoms with Gasteiger partial charge in [0, 0.05) is 43.2 Å². The molecule has 0 radical (unpaired) electrons. The highest BCUT2D eigenvalue weighted by Crippen LogP contribution is 2.16. The Morgan fingerprint density at radius 3 is 2.45 bits per heavy atom. The number of fused-ring (bicyclic) bond motifs is 1. The van der Waals surface area contributed by atoms with Crippen molar-refractivity contribution >= 4 is 22.5 Å². The number of anilines is 1. The van der Waals surface area contributed by atoms with Crippen molar-refractivity contribution in [3.05, 3.63) is 86.6 Å². The van der Waals surface area contributed by atoms with Crippen molar-refractivity contribution in [3.63, 3.8) is 0 Å².